The molecule has 0 aliphatic heterocycles. The standard InChI is InChI=1S/C23H21F3N2O.C16H16F3N.C7H9N.3CH3Br/c1-14-12-16(8-10-18(14)27)22(2,23(24,25)26)17-9-11-19-20(13-17)29-21(28-19)15-6-4-3-5-7-15;1-11-10-13(8-9-14(11)20)15(2,16(17,18)19)12-6-4-3-5-7-12;1-6-4-2-3-5-7(6)8;3*1-2/h3-8,10-13,17H,9,27H2,1-2H3;3-10H,20H2,1-2H3;2-5H,8H2,1H3;3*1H3. The molecule has 0 bridgehead atoms. The third-order valence-electron chi connectivity index (χ3n) is 10.8. The summed E-state index contributed by atoms with van der Waals surface area (Å²) in [6, 6.07) is 34.1. The Labute approximate surface area is 392 Å². The number of alkyl halides is 9. The van der Waals surface area contributed by atoms with E-state index in [0.717, 1.165) is 16.8 Å². The summed E-state index contributed by atoms with van der Waals surface area (Å²) in [6.07, 6.45) is -5.34. The van der Waals surface area contributed by atoms with Crippen LogP contribution in [-0.2, 0) is 10.8 Å². The van der Waals surface area contributed by atoms with E-state index in [0.29, 0.717) is 39.2 Å². The van der Waals surface area contributed by atoms with Crippen LogP contribution in [0.5, 0.6) is 0 Å². The van der Waals surface area contributed by atoms with Crippen molar-refractivity contribution in [3.8, 4) is 11.5 Å². The van der Waals surface area contributed by atoms with Crippen molar-refractivity contribution in [3.63, 3.8) is 0 Å². The predicted octanol–water partition coefficient (Wildman–Crippen LogP) is 13.4. The number of nitrogens with two attached hydrogens (primary N) is 3. The van der Waals surface area contributed by atoms with Crippen LogP contribution in [0.4, 0.5) is 43.4 Å². The van der Waals surface area contributed by atoms with Crippen LogP contribution < -0.4 is 28.0 Å². The smallest absolute Gasteiger partial charge is 0.402 e. The second-order valence-electron chi connectivity index (χ2n) is 14.5. The molecule has 5 aromatic carbocycles. The van der Waals surface area contributed by atoms with Gasteiger partial charge in [0.05, 0.1) is 5.41 Å². The van der Waals surface area contributed by atoms with E-state index in [2.05, 4.69) is 52.8 Å². The lowest BCUT2D eigenvalue weighted by atomic mass is 9.68. The monoisotopic (exact) mass is 1070 g/mol. The first-order valence-electron chi connectivity index (χ1n) is 19.4. The third kappa shape index (κ3) is 13.3. The molecule has 1 aromatic heterocycles. The molecule has 0 spiro atoms. The van der Waals surface area contributed by atoms with E-state index in [4.69, 9.17) is 21.6 Å². The van der Waals surface area contributed by atoms with Gasteiger partial charge >= 0.3 is 12.4 Å². The van der Waals surface area contributed by atoms with Gasteiger partial charge in [-0.05, 0) is 128 Å². The summed E-state index contributed by atoms with van der Waals surface area (Å²) >= 11 is 8.81. The number of aryl methyl sites for hydroxylation is 3. The van der Waals surface area contributed by atoms with E-state index < -0.39 is 29.1 Å². The number of fused-ring (bicyclic) bond motifs is 1. The number of hydrogen-bond donors (Lipinski definition) is 3. The molecule has 340 valence electrons. The van der Waals surface area contributed by atoms with Gasteiger partial charge in [0.2, 0.25) is 5.89 Å². The Morgan fingerprint density at radius 1 is 0.556 bits per heavy atom. The minimum atomic E-state index is -4.45. The van der Waals surface area contributed by atoms with E-state index in [1.165, 1.54) is 62.4 Å². The summed E-state index contributed by atoms with van der Waals surface area (Å²) in [6.45, 7) is 7.86. The summed E-state index contributed by atoms with van der Waals surface area (Å²) in [4.78, 5) is 4.45. The number of halogens is 9. The summed E-state index contributed by atoms with van der Waals surface area (Å²) in [5.74, 6) is 5.02. The Balaban J connectivity index is 0.000000346. The zero-order chi connectivity index (χ0) is 47.8. The van der Waals surface area contributed by atoms with Crippen LogP contribution in [0.1, 0.15) is 53.6 Å². The maximum absolute atomic E-state index is 14.3. The van der Waals surface area contributed by atoms with Crippen LogP contribution in [0, 0.1) is 26.7 Å². The third-order valence-corrected chi connectivity index (χ3v) is 10.8. The van der Waals surface area contributed by atoms with Crippen LogP contribution in [0.3, 0.4) is 0 Å². The highest BCUT2D eigenvalue weighted by molar-refractivity contribution is 9.09. The summed E-state index contributed by atoms with van der Waals surface area (Å²) < 4.78 is 89.9. The number of benzene rings is 5. The van der Waals surface area contributed by atoms with Crippen molar-refractivity contribution in [2.45, 2.75) is 64.2 Å². The van der Waals surface area contributed by atoms with Gasteiger partial charge in [0.15, 0.2) is 5.42 Å². The van der Waals surface area contributed by atoms with E-state index in [1.54, 1.807) is 44.2 Å². The summed E-state index contributed by atoms with van der Waals surface area (Å²) in [5.41, 5.74) is 18.9. The molecular weight excluding hydrogens is 1010 g/mol. The fourth-order valence-electron chi connectivity index (χ4n) is 6.63. The first-order valence-corrected chi connectivity index (χ1v) is 24.1. The highest BCUT2D eigenvalue weighted by Gasteiger charge is 2.56. The summed E-state index contributed by atoms with van der Waals surface area (Å²) in [7, 11) is 0. The van der Waals surface area contributed by atoms with Crippen molar-refractivity contribution < 1.29 is 30.8 Å². The Kier molecular flexibility index (Phi) is 21.2. The van der Waals surface area contributed by atoms with Crippen molar-refractivity contribution in [1.82, 2.24) is 4.98 Å². The largest absolute Gasteiger partial charge is 0.436 e. The molecule has 1 aliphatic carbocycles. The molecule has 3 atom stereocenters. The number of nitrogens with zero attached hydrogens (tertiary/aromatic N) is 1. The molecule has 0 radical (unpaired) electrons. The van der Waals surface area contributed by atoms with Gasteiger partial charge in [-0.25, -0.2) is 4.98 Å². The Bertz CT molecular complexity index is 2420. The lowest BCUT2D eigenvalue weighted by Crippen LogP contribution is -2.47. The number of nitrogen functional groups attached to an aromatic ring is 3. The van der Waals surface area contributed by atoms with Gasteiger partial charge in [0.25, 0.3) is 0 Å². The zero-order valence-electron chi connectivity index (χ0n) is 36.5. The van der Waals surface area contributed by atoms with Crippen LogP contribution in [0.15, 0.2) is 126 Å². The fourth-order valence-corrected chi connectivity index (χ4v) is 6.63. The van der Waals surface area contributed by atoms with Crippen LogP contribution in [0.25, 0.3) is 23.6 Å². The molecule has 6 aromatic rings. The molecule has 63 heavy (non-hydrogen) atoms. The first kappa shape index (κ1) is 54.6. The Hall–Kier alpha value is -4.53. The number of hydrogen-bond acceptors (Lipinski definition) is 5. The second-order valence-corrected chi connectivity index (χ2v) is 14.5. The lowest BCUT2D eigenvalue weighted by molar-refractivity contribution is -0.194. The average Bonchev–Trinajstić information content (AvgIpc) is 3.72. The van der Waals surface area contributed by atoms with Gasteiger partial charge in [0, 0.05) is 28.5 Å². The fraction of sp³-hybridized carbons (Fsp3) is 0.286. The average molecular weight is 1070 g/mol. The van der Waals surface area contributed by atoms with Crippen molar-refractivity contribution in [3.05, 3.63) is 165 Å². The molecule has 3 unspecified atom stereocenters. The molecule has 5 nitrogen and oxygen atoms in total. The highest BCUT2D eigenvalue weighted by atomic mass is 79.9. The highest BCUT2D eigenvalue weighted by Crippen LogP contribution is 2.49. The molecule has 1 heterocycles. The first-order chi connectivity index (χ1) is 29.8. The van der Waals surface area contributed by atoms with Crippen LogP contribution in [0.2, 0.25) is 0 Å². The molecule has 0 fully saturated rings. The van der Waals surface area contributed by atoms with Crippen molar-refractivity contribution in [2.75, 3.05) is 34.7 Å². The van der Waals surface area contributed by atoms with Gasteiger partial charge in [-0.15, -0.1) is 0 Å². The summed E-state index contributed by atoms with van der Waals surface area (Å²) in [5, 5.41) is 0.582. The molecule has 0 saturated carbocycles. The molecule has 1 aliphatic rings. The molecule has 14 heteroatoms. The van der Waals surface area contributed by atoms with E-state index in [-0.39, 0.29) is 23.1 Å². The Morgan fingerprint density at radius 3 is 1.48 bits per heavy atom. The van der Waals surface area contributed by atoms with E-state index in [1.807, 2.05) is 79.0 Å². The lowest BCUT2D eigenvalue weighted by Gasteiger charge is -2.38. The molecule has 0 saturated heterocycles. The number of rotatable bonds is 5. The van der Waals surface area contributed by atoms with Crippen molar-refractivity contribution in [2.24, 2.45) is 5.92 Å². The topological polar surface area (TPSA) is 104 Å². The van der Waals surface area contributed by atoms with Crippen LogP contribution in [-0.4, -0.2) is 34.8 Å². The maximum atomic E-state index is 14.3. The zero-order valence-corrected chi connectivity index (χ0v) is 41.2. The normalized spacial score (nSPS) is 14.6. The van der Waals surface area contributed by atoms with Crippen molar-refractivity contribution >= 4 is 77.0 Å². The molecule has 0 amide bonds. The minimum Gasteiger partial charge on any atom is -0.436 e. The number of aromatic nitrogens is 1. The van der Waals surface area contributed by atoms with Gasteiger partial charge in [0.1, 0.15) is 10.8 Å². The quantitative estimate of drug-likeness (QED) is 0.0906. The SMILES string of the molecule is CBr.CBr.CBr.Cc1cc(C(C)(C2C=c3oc(-c4ccccc4)nc3=CC2)C(F)(F)F)ccc1N.Cc1cc(C(C)(c2ccccc2)C(F)(F)F)ccc1N.Cc1ccccc1N. The van der Waals surface area contributed by atoms with Gasteiger partial charge in [-0.2, -0.15) is 26.3 Å². The molecular formula is C49H55Br3F6N4O. The number of oxazole rings is 1. The molecule has 6 N–H and O–H groups in total. The molecule has 7 rings (SSSR count). The van der Waals surface area contributed by atoms with Gasteiger partial charge < -0.3 is 21.6 Å². The second kappa shape index (κ2) is 24.5. The van der Waals surface area contributed by atoms with Gasteiger partial charge in [-0.1, -0.05) is 145 Å². The number of anilines is 3. The van der Waals surface area contributed by atoms with Gasteiger partial charge in [-0.3, -0.25) is 0 Å². The van der Waals surface area contributed by atoms with E-state index >= 15 is 0 Å². The van der Waals surface area contributed by atoms with Crippen LogP contribution >= 0.6 is 47.8 Å². The Morgan fingerprint density at radius 2 is 1.02 bits per heavy atom. The van der Waals surface area contributed by atoms with E-state index in [9.17, 15) is 26.3 Å². The number of para-hydroxylation sites is 1. The maximum Gasteiger partial charge on any atom is 0.402 e. The minimum absolute atomic E-state index is 0.192. The predicted molar refractivity (Wildman–Crippen MR) is 262 cm³/mol. The van der Waals surface area contributed by atoms with Crippen molar-refractivity contribution in [1.29, 1.82) is 0 Å².